The number of fused-ring (bicyclic) bond motifs is 2. The molecule has 2 aromatic carbocycles. The van der Waals surface area contributed by atoms with Crippen LogP contribution < -0.4 is 19.7 Å². The molecule has 0 bridgehead atoms. The standard InChI is InChI=1S/C17H14N2O4S/c20-16(18-11-5-6-13-14(7-11)23-10-22-13)8-19-12-3-1-2-4-15(12)24-9-17(19)21/h1-7H,8-10H2,(H,18,20). The summed E-state index contributed by atoms with van der Waals surface area (Å²) in [6.07, 6.45) is 0. The number of anilines is 2. The molecule has 0 aliphatic carbocycles. The zero-order chi connectivity index (χ0) is 16.5. The molecule has 2 aliphatic heterocycles. The van der Waals surface area contributed by atoms with Crippen LogP contribution in [0.4, 0.5) is 11.4 Å². The molecule has 0 radical (unpaired) electrons. The molecule has 0 saturated carbocycles. The van der Waals surface area contributed by atoms with E-state index < -0.39 is 0 Å². The smallest absolute Gasteiger partial charge is 0.244 e. The highest BCUT2D eigenvalue weighted by atomic mass is 32.2. The molecule has 2 heterocycles. The van der Waals surface area contributed by atoms with E-state index in [4.69, 9.17) is 9.47 Å². The van der Waals surface area contributed by atoms with Crippen LogP contribution in [0.1, 0.15) is 0 Å². The van der Waals surface area contributed by atoms with E-state index in [1.165, 1.54) is 16.7 Å². The van der Waals surface area contributed by atoms with Crippen molar-refractivity contribution in [3.8, 4) is 11.5 Å². The number of carbonyl (C=O) groups is 2. The van der Waals surface area contributed by atoms with E-state index in [0.717, 1.165) is 10.6 Å². The SMILES string of the molecule is O=C(CN1C(=O)CSc2ccccc21)Nc1ccc2c(c1)OCO2. The summed E-state index contributed by atoms with van der Waals surface area (Å²) in [5, 5.41) is 2.80. The number of hydrogen-bond donors (Lipinski definition) is 1. The van der Waals surface area contributed by atoms with Crippen LogP contribution in [0, 0.1) is 0 Å². The molecule has 0 unspecified atom stereocenters. The Bertz CT molecular complexity index is 824. The van der Waals surface area contributed by atoms with Crippen molar-refractivity contribution in [1.82, 2.24) is 0 Å². The minimum Gasteiger partial charge on any atom is -0.454 e. The summed E-state index contributed by atoms with van der Waals surface area (Å²) in [6.45, 7) is 0.161. The number of amides is 2. The highest BCUT2D eigenvalue weighted by Gasteiger charge is 2.26. The van der Waals surface area contributed by atoms with E-state index in [1.54, 1.807) is 18.2 Å². The fourth-order valence-electron chi connectivity index (χ4n) is 2.65. The lowest BCUT2D eigenvalue weighted by molar-refractivity contribution is -0.120. The van der Waals surface area contributed by atoms with Gasteiger partial charge in [-0.2, -0.15) is 0 Å². The number of nitrogens with one attached hydrogen (secondary N) is 1. The number of nitrogens with zero attached hydrogens (tertiary/aromatic N) is 1. The summed E-state index contributed by atoms with van der Waals surface area (Å²) in [6, 6.07) is 12.8. The van der Waals surface area contributed by atoms with Crippen LogP contribution in [0.15, 0.2) is 47.4 Å². The molecule has 24 heavy (non-hydrogen) atoms. The first kappa shape index (κ1) is 14.9. The van der Waals surface area contributed by atoms with Crippen molar-refractivity contribution < 1.29 is 19.1 Å². The Hall–Kier alpha value is -2.67. The van der Waals surface area contributed by atoms with Gasteiger partial charge >= 0.3 is 0 Å². The van der Waals surface area contributed by atoms with E-state index in [0.29, 0.717) is 22.9 Å². The van der Waals surface area contributed by atoms with E-state index in [9.17, 15) is 9.59 Å². The van der Waals surface area contributed by atoms with Crippen LogP contribution in [-0.4, -0.2) is 30.9 Å². The minimum atomic E-state index is -0.260. The summed E-state index contributed by atoms with van der Waals surface area (Å²) in [5.74, 6) is 1.27. The van der Waals surface area contributed by atoms with Gasteiger partial charge in [-0.15, -0.1) is 11.8 Å². The average molecular weight is 342 g/mol. The number of para-hydroxylation sites is 1. The first-order valence-corrected chi connectivity index (χ1v) is 8.41. The summed E-state index contributed by atoms with van der Waals surface area (Å²) in [4.78, 5) is 27.1. The highest BCUT2D eigenvalue weighted by molar-refractivity contribution is 8.00. The minimum absolute atomic E-state index is 0.0230. The van der Waals surface area contributed by atoms with Crippen molar-refractivity contribution in [2.45, 2.75) is 4.90 Å². The maximum absolute atomic E-state index is 12.4. The predicted octanol–water partition coefficient (Wildman–Crippen LogP) is 2.49. The summed E-state index contributed by atoms with van der Waals surface area (Å²) < 4.78 is 10.5. The largest absolute Gasteiger partial charge is 0.454 e. The Morgan fingerprint density at radius 3 is 2.92 bits per heavy atom. The molecule has 6 nitrogen and oxygen atoms in total. The van der Waals surface area contributed by atoms with Crippen molar-refractivity contribution in [2.24, 2.45) is 0 Å². The molecule has 0 saturated heterocycles. The summed E-state index contributed by atoms with van der Waals surface area (Å²) >= 11 is 1.49. The number of thioether (sulfide) groups is 1. The highest BCUT2D eigenvalue weighted by Crippen LogP contribution is 2.35. The normalized spacial score (nSPS) is 15.2. The first-order valence-electron chi connectivity index (χ1n) is 7.42. The summed E-state index contributed by atoms with van der Waals surface area (Å²) in [7, 11) is 0. The van der Waals surface area contributed by atoms with Gasteiger partial charge in [0.05, 0.1) is 11.4 Å². The van der Waals surface area contributed by atoms with Crippen LogP contribution in [0.5, 0.6) is 11.5 Å². The second kappa shape index (κ2) is 6.09. The second-order valence-electron chi connectivity index (χ2n) is 5.35. The molecule has 2 aromatic rings. The second-order valence-corrected chi connectivity index (χ2v) is 6.37. The third-order valence-corrected chi connectivity index (χ3v) is 4.81. The van der Waals surface area contributed by atoms with Gasteiger partial charge in [-0.1, -0.05) is 12.1 Å². The lowest BCUT2D eigenvalue weighted by Gasteiger charge is -2.28. The van der Waals surface area contributed by atoms with Gasteiger partial charge in [0, 0.05) is 16.6 Å². The monoisotopic (exact) mass is 342 g/mol. The van der Waals surface area contributed by atoms with Crippen LogP contribution in [-0.2, 0) is 9.59 Å². The molecule has 7 heteroatoms. The Morgan fingerprint density at radius 2 is 2.00 bits per heavy atom. The number of carbonyl (C=O) groups excluding carboxylic acids is 2. The summed E-state index contributed by atoms with van der Waals surface area (Å²) in [5.41, 5.74) is 1.39. The molecule has 0 aromatic heterocycles. The molecule has 122 valence electrons. The molecule has 1 N–H and O–H groups in total. The van der Waals surface area contributed by atoms with Gasteiger partial charge in [0.25, 0.3) is 0 Å². The van der Waals surface area contributed by atoms with Crippen LogP contribution in [0.25, 0.3) is 0 Å². The van der Waals surface area contributed by atoms with E-state index in [1.807, 2.05) is 24.3 Å². The van der Waals surface area contributed by atoms with Crippen molar-refractivity contribution in [1.29, 1.82) is 0 Å². The van der Waals surface area contributed by atoms with Gasteiger partial charge < -0.3 is 19.7 Å². The molecule has 0 atom stereocenters. The molecule has 2 amide bonds. The number of benzene rings is 2. The van der Waals surface area contributed by atoms with Crippen molar-refractivity contribution >= 4 is 35.0 Å². The quantitative estimate of drug-likeness (QED) is 0.928. The maximum Gasteiger partial charge on any atom is 0.244 e. The fraction of sp³-hybridized carbons (Fsp3) is 0.176. The van der Waals surface area contributed by atoms with Gasteiger partial charge in [-0.25, -0.2) is 0 Å². The van der Waals surface area contributed by atoms with Crippen molar-refractivity contribution in [3.05, 3.63) is 42.5 Å². The fourth-order valence-corrected chi connectivity index (χ4v) is 3.58. The van der Waals surface area contributed by atoms with Crippen molar-refractivity contribution in [3.63, 3.8) is 0 Å². The van der Waals surface area contributed by atoms with Gasteiger partial charge in [0.2, 0.25) is 18.6 Å². The first-order chi connectivity index (χ1) is 11.7. The molecule has 0 spiro atoms. The van der Waals surface area contributed by atoms with E-state index in [-0.39, 0.29) is 25.2 Å². The molecule has 0 fully saturated rings. The van der Waals surface area contributed by atoms with Crippen LogP contribution in [0.2, 0.25) is 0 Å². The van der Waals surface area contributed by atoms with Gasteiger partial charge in [0.15, 0.2) is 11.5 Å². The number of hydrogen-bond acceptors (Lipinski definition) is 5. The van der Waals surface area contributed by atoms with Crippen LogP contribution >= 0.6 is 11.8 Å². The zero-order valence-electron chi connectivity index (χ0n) is 12.7. The number of ether oxygens (including phenoxy) is 2. The lowest BCUT2D eigenvalue weighted by atomic mass is 10.2. The van der Waals surface area contributed by atoms with Gasteiger partial charge in [0.1, 0.15) is 6.54 Å². The Morgan fingerprint density at radius 1 is 1.17 bits per heavy atom. The maximum atomic E-state index is 12.4. The average Bonchev–Trinajstić information content (AvgIpc) is 3.05. The lowest BCUT2D eigenvalue weighted by Crippen LogP contribution is -2.41. The molecular weight excluding hydrogens is 328 g/mol. The van der Waals surface area contributed by atoms with E-state index in [2.05, 4.69) is 5.32 Å². The topological polar surface area (TPSA) is 67.9 Å². The van der Waals surface area contributed by atoms with Crippen molar-refractivity contribution in [2.75, 3.05) is 29.3 Å². The Kier molecular flexibility index (Phi) is 3.78. The van der Waals surface area contributed by atoms with Gasteiger partial charge in [-0.05, 0) is 24.3 Å². The number of rotatable bonds is 3. The third kappa shape index (κ3) is 2.78. The van der Waals surface area contributed by atoms with Crippen LogP contribution in [0.3, 0.4) is 0 Å². The Labute approximate surface area is 142 Å². The van der Waals surface area contributed by atoms with E-state index >= 15 is 0 Å². The molecule has 4 rings (SSSR count). The Balaban J connectivity index is 1.49. The predicted molar refractivity (Wildman–Crippen MR) is 90.7 cm³/mol. The molecular formula is C17H14N2O4S. The third-order valence-electron chi connectivity index (χ3n) is 3.77. The van der Waals surface area contributed by atoms with Gasteiger partial charge in [-0.3, -0.25) is 9.59 Å². The zero-order valence-corrected chi connectivity index (χ0v) is 13.5. The molecule has 2 aliphatic rings.